The summed E-state index contributed by atoms with van der Waals surface area (Å²) in [5.74, 6) is 2.98. The van der Waals surface area contributed by atoms with Crippen molar-refractivity contribution < 1.29 is 13.9 Å². The van der Waals surface area contributed by atoms with E-state index in [1.54, 1.807) is 12.5 Å². The van der Waals surface area contributed by atoms with Gasteiger partial charge in [0.1, 0.15) is 24.7 Å². The third-order valence-corrected chi connectivity index (χ3v) is 3.92. The molecule has 0 radical (unpaired) electrons. The molecule has 7 nitrogen and oxygen atoms in total. The molecule has 1 aromatic carbocycles. The van der Waals surface area contributed by atoms with Crippen molar-refractivity contribution in [3.05, 3.63) is 78.4 Å². The fourth-order valence-electron chi connectivity index (χ4n) is 2.51. The van der Waals surface area contributed by atoms with E-state index >= 15 is 0 Å². The first-order valence-electron chi connectivity index (χ1n) is 9.63. The lowest BCUT2D eigenvalue weighted by molar-refractivity contribution is 0.212. The van der Waals surface area contributed by atoms with E-state index in [4.69, 9.17) is 13.9 Å². The van der Waals surface area contributed by atoms with Crippen LogP contribution in [-0.4, -0.2) is 30.7 Å². The molecule has 0 saturated carbocycles. The molecule has 2 N–H and O–H groups in total. The second kappa shape index (κ2) is 13.5. The van der Waals surface area contributed by atoms with Gasteiger partial charge in [0.25, 0.3) is 0 Å². The number of guanidine groups is 1. The highest BCUT2D eigenvalue weighted by atomic mass is 127. The Hall–Kier alpha value is -2.75. The van der Waals surface area contributed by atoms with Crippen molar-refractivity contribution in [2.45, 2.75) is 20.0 Å². The van der Waals surface area contributed by atoms with E-state index in [1.165, 1.54) is 0 Å². The van der Waals surface area contributed by atoms with Gasteiger partial charge in [-0.3, -0.25) is 0 Å². The molecule has 160 valence electrons. The number of furan rings is 1. The molecule has 2 heterocycles. The molecule has 0 atom stereocenters. The highest BCUT2D eigenvalue weighted by molar-refractivity contribution is 14.0. The van der Waals surface area contributed by atoms with Crippen molar-refractivity contribution in [2.75, 3.05) is 19.8 Å². The van der Waals surface area contributed by atoms with Crippen LogP contribution in [0.5, 0.6) is 11.6 Å². The molecule has 0 saturated heterocycles. The van der Waals surface area contributed by atoms with Crippen molar-refractivity contribution in [1.29, 1.82) is 0 Å². The monoisotopic (exact) mass is 522 g/mol. The van der Waals surface area contributed by atoms with E-state index in [0.29, 0.717) is 32.2 Å². The standard InChI is InChI=1S/C22H26N4O3.HI/c1-2-23-22(26-17-20-9-6-12-27-20)25-16-18-10-11-21(24-15-18)29-14-13-28-19-7-4-3-5-8-19;/h3-12,15H,2,13-14,16-17H2,1H3,(H2,23,25,26);1H. The van der Waals surface area contributed by atoms with Crippen LogP contribution in [0.15, 0.2) is 76.5 Å². The minimum atomic E-state index is 0. The van der Waals surface area contributed by atoms with Crippen LogP contribution in [0.4, 0.5) is 0 Å². The van der Waals surface area contributed by atoms with Crippen LogP contribution < -0.4 is 20.1 Å². The number of hydrogen-bond acceptors (Lipinski definition) is 5. The van der Waals surface area contributed by atoms with E-state index in [-0.39, 0.29) is 24.0 Å². The number of nitrogens with zero attached hydrogens (tertiary/aromatic N) is 2. The van der Waals surface area contributed by atoms with Gasteiger partial charge >= 0.3 is 0 Å². The number of benzene rings is 1. The number of pyridine rings is 1. The predicted molar refractivity (Wildman–Crippen MR) is 127 cm³/mol. The van der Waals surface area contributed by atoms with Gasteiger partial charge in [0, 0.05) is 18.8 Å². The van der Waals surface area contributed by atoms with Crippen molar-refractivity contribution in [2.24, 2.45) is 4.99 Å². The molecule has 2 aromatic heterocycles. The fraction of sp³-hybridized carbons (Fsp3) is 0.273. The first-order chi connectivity index (χ1) is 14.3. The number of rotatable bonds is 10. The Morgan fingerprint density at radius 1 is 1.00 bits per heavy atom. The van der Waals surface area contributed by atoms with Gasteiger partial charge in [-0.15, -0.1) is 24.0 Å². The van der Waals surface area contributed by atoms with Crippen molar-refractivity contribution >= 4 is 29.9 Å². The molecule has 0 aliphatic heterocycles. The molecule has 30 heavy (non-hydrogen) atoms. The maximum Gasteiger partial charge on any atom is 0.213 e. The quantitative estimate of drug-likeness (QED) is 0.181. The van der Waals surface area contributed by atoms with Gasteiger partial charge in [0.2, 0.25) is 5.88 Å². The van der Waals surface area contributed by atoms with E-state index in [1.807, 2.05) is 61.5 Å². The average molecular weight is 522 g/mol. The molecule has 0 bridgehead atoms. The van der Waals surface area contributed by atoms with Crippen LogP contribution in [-0.2, 0) is 13.1 Å². The van der Waals surface area contributed by atoms with E-state index < -0.39 is 0 Å². The van der Waals surface area contributed by atoms with E-state index in [9.17, 15) is 0 Å². The van der Waals surface area contributed by atoms with Gasteiger partial charge in [-0.2, -0.15) is 0 Å². The number of halogens is 1. The van der Waals surface area contributed by atoms with Crippen molar-refractivity contribution in [1.82, 2.24) is 15.6 Å². The van der Waals surface area contributed by atoms with Crippen LogP contribution >= 0.6 is 24.0 Å². The Balaban J connectivity index is 0.00000320. The van der Waals surface area contributed by atoms with Gasteiger partial charge in [0.05, 0.1) is 19.4 Å². The molecular weight excluding hydrogens is 495 g/mol. The number of ether oxygens (including phenoxy) is 2. The van der Waals surface area contributed by atoms with Gasteiger partial charge in [-0.25, -0.2) is 9.98 Å². The lowest BCUT2D eigenvalue weighted by Crippen LogP contribution is -2.36. The summed E-state index contributed by atoms with van der Waals surface area (Å²) in [5.41, 5.74) is 0.994. The molecule has 0 unspecified atom stereocenters. The number of aromatic nitrogens is 1. The fourth-order valence-corrected chi connectivity index (χ4v) is 2.51. The molecule has 0 amide bonds. The maximum atomic E-state index is 5.62. The average Bonchev–Trinajstić information content (AvgIpc) is 3.28. The summed E-state index contributed by atoms with van der Waals surface area (Å²) < 4.78 is 16.5. The smallest absolute Gasteiger partial charge is 0.213 e. The molecular formula is C22H27IN4O3. The number of nitrogens with one attached hydrogen (secondary N) is 2. The molecule has 0 aliphatic rings. The van der Waals surface area contributed by atoms with Crippen molar-refractivity contribution in [3.63, 3.8) is 0 Å². The summed E-state index contributed by atoms with van der Waals surface area (Å²) in [4.78, 5) is 8.90. The highest BCUT2D eigenvalue weighted by Crippen LogP contribution is 2.10. The zero-order valence-corrected chi connectivity index (χ0v) is 19.2. The summed E-state index contributed by atoms with van der Waals surface area (Å²) in [5, 5.41) is 6.45. The van der Waals surface area contributed by atoms with Gasteiger partial charge in [-0.05, 0) is 36.8 Å². The van der Waals surface area contributed by atoms with E-state index in [2.05, 4.69) is 20.6 Å². The Bertz CT molecular complexity index is 856. The summed E-state index contributed by atoms with van der Waals surface area (Å²) in [6.45, 7) is 4.79. The van der Waals surface area contributed by atoms with E-state index in [0.717, 1.165) is 29.6 Å². The Labute approximate surface area is 193 Å². The molecule has 3 aromatic rings. The number of para-hydroxylation sites is 1. The van der Waals surface area contributed by atoms with Crippen LogP contribution in [0, 0.1) is 0 Å². The molecule has 0 spiro atoms. The molecule has 3 rings (SSSR count). The summed E-state index contributed by atoms with van der Waals surface area (Å²) in [6.07, 6.45) is 3.43. The Kier molecular flexibility index (Phi) is 10.6. The minimum Gasteiger partial charge on any atom is -0.490 e. The third kappa shape index (κ3) is 8.32. The van der Waals surface area contributed by atoms with Crippen LogP contribution in [0.2, 0.25) is 0 Å². The Morgan fingerprint density at radius 3 is 2.53 bits per heavy atom. The predicted octanol–water partition coefficient (Wildman–Crippen LogP) is 4.01. The van der Waals surface area contributed by atoms with Gasteiger partial charge in [-0.1, -0.05) is 24.3 Å². The zero-order chi connectivity index (χ0) is 20.2. The zero-order valence-electron chi connectivity index (χ0n) is 16.9. The normalized spacial score (nSPS) is 10.8. The lowest BCUT2D eigenvalue weighted by atomic mass is 10.3. The van der Waals surface area contributed by atoms with Crippen molar-refractivity contribution in [3.8, 4) is 11.6 Å². The number of aliphatic imine (C=N–C) groups is 1. The first kappa shape index (κ1) is 23.5. The summed E-state index contributed by atoms with van der Waals surface area (Å²) in [7, 11) is 0. The lowest BCUT2D eigenvalue weighted by Gasteiger charge is -2.10. The first-order valence-corrected chi connectivity index (χ1v) is 9.63. The molecule has 0 fully saturated rings. The topological polar surface area (TPSA) is 80.9 Å². The summed E-state index contributed by atoms with van der Waals surface area (Å²) >= 11 is 0. The van der Waals surface area contributed by atoms with Crippen LogP contribution in [0.3, 0.4) is 0 Å². The van der Waals surface area contributed by atoms with Gasteiger partial charge < -0.3 is 24.5 Å². The molecule has 8 heteroatoms. The van der Waals surface area contributed by atoms with Crippen LogP contribution in [0.25, 0.3) is 0 Å². The third-order valence-electron chi connectivity index (χ3n) is 3.92. The highest BCUT2D eigenvalue weighted by Gasteiger charge is 2.02. The Morgan fingerprint density at radius 2 is 1.83 bits per heavy atom. The van der Waals surface area contributed by atoms with Crippen LogP contribution in [0.1, 0.15) is 18.2 Å². The number of hydrogen-bond donors (Lipinski definition) is 2. The summed E-state index contributed by atoms with van der Waals surface area (Å²) in [6, 6.07) is 17.2. The second-order valence-corrected chi connectivity index (χ2v) is 6.14. The SMILES string of the molecule is CCNC(=NCc1ccc(OCCOc2ccccc2)nc1)NCc1ccco1.I. The molecule has 0 aliphatic carbocycles. The van der Waals surface area contributed by atoms with Gasteiger partial charge in [0.15, 0.2) is 5.96 Å². The maximum absolute atomic E-state index is 5.62. The second-order valence-electron chi connectivity index (χ2n) is 6.14. The minimum absolute atomic E-state index is 0. The largest absolute Gasteiger partial charge is 0.490 e.